The van der Waals surface area contributed by atoms with E-state index in [0.29, 0.717) is 18.3 Å². The summed E-state index contributed by atoms with van der Waals surface area (Å²) < 4.78 is 0. The molecule has 0 saturated carbocycles. The first-order valence-electron chi connectivity index (χ1n) is 6.83. The number of piperidine rings is 2. The van der Waals surface area contributed by atoms with Crippen LogP contribution in [0.3, 0.4) is 0 Å². The van der Waals surface area contributed by atoms with E-state index < -0.39 is 0 Å². The first kappa shape index (κ1) is 11.7. The van der Waals surface area contributed by atoms with Gasteiger partial charge >= 0.3 is 0 Å². The SMILES string of the molecule is O=C(Cc1ccccc1)N1C[C@@H]2CNC[C@@H](C2)C1. The molecule has 1 aromatic carbocycles. The largest absolute Gasteiger partial charge is 0.342 e. The Bertz CT molecular complexity index is 406. The number of rotatable bonds is 2. The van der Waals surface area contributed by atoms with Crippen LogP contribution in [-0.4, -0.2) is 37.0 Å². The van der Waals surface area contributed by atoms with Crippen LogP contribution in [0.15, 0.2) is 30.3 Å². The predicted molar refractivity (Wildman–Crippen MR) is 71.2 cm³/mol. The lowest BCUT2D eigenvalue weighted by Gasteiger charge is -2.41. The zero-order chi connectivity index (χ0) is 12.4. The molecule has 0 radical (unpaired) electrons. The van der Waals surface area contributed by atoms with Gasteiger partial charge in [0, 0.05) is 13.1 Å². The number of carbonyl (C=O) groups is 1. The number of hydrogen-bond acceptors (Lipinski definition) is 2. The average Bonchev–Trinajstić information content (AvgIpc) is 2.39. The second-order valence-corrected chi connectivity index (χ2v) is 5.59. The van der Waals surface area contributed by atoms with E-state index >= 15 is 0 Å². The van der Waals surface area contributed by atoms with Gasteiger partial charge in [0.05, 0.1) is 6.42 Å². The second kappa shape index (κ2) is 5.11. The van der Waals surface area contributed by atoms with E-state index in [2.05, 4.69) is 10.2 Å². The zero-order valence-electron chi connectivity index (χ0n) is 10.6. The van der Waals surface area contributed by atoms with Crippen LogP contribution >= 0.6 is 0 Å². The van der Waals surface area contributed by atoms with E-state index in [4.69, 9.17) is 0 Å². The molecule has 3 nitrogen and oxygen atoms in total. The maximum Gasteiger partial charge on any atom is 0.227 e. The molecule has 3 rings (SSSR count). The molecular weight excluding hydrogens is 224 g/mol. The highest BCUT2D eigenvalue weighted by molar-refractivity contribution is 5.78. The Balaban J connectivity index is 1.63. The molecule has 1 N–H and O–H groups in total. The predicted octanol–water partition coefficient (Wildman–Crippen LogP) is 1.30. The quantitative estimate of drug-likeness (QED) is 0.850. The third-order valence-electron chi connectivity index (χ3n) is 4.04. The molecule has 3 heteroatoms. The Kier molecular flexibility index (Phi) is 3.33. The molecule has 18 heavy (non-hydrogen) atoms. The van der Waals surface area contributed by atoms with Crippen molar-refractivity contribution in [3.63, 3.8) is 0 Å². The maximum absolute atomic E-state index is 12.3. The average molecular weight is 244 g/mol. The summed E-state index contributed by atoms with van der Waals surface area (Å²) in [5.41, 5.74) is 1.12. The lowest BCUT2D eigenvalue weighted by Crippen LogP contribution is -2.53. The van der Waals surface area contributed by atoms with Gasteiger partial charge in [-0.3, -0.25) is 4.79 Å². The lowest BCUT2D eigenvalue weighted by molar-refractivity contribution is -0.133. The van der Waals surface area contributed by atoms with E-state index in [9.17, 15) is 4.79 Å². The van der Waals surface area contributed by atoms with Gasteiger partial charge < -0.3 is 10.2 Å². The summed E-state index contributed by atoms with van der Waals surface area (Å²) in [4.78, 5) is 14.4. The van der Waals surface area contributed by atoms with Crippen molar-refractivity contribution in [2.45, 2.75) is 12.8 Å². The summed E-state index contributed by atoms with van der Waals surface area (Å²) in [7, 11) is 0. The molecule has 0 aliphatic carbocycles. The Morgan fingerprint density at radius 2 is 1.83 bits per heavy atom. The number of fused-ring (bicyclic) bond motifs is 2. The topological polar surface area (TPSA) is 32.3 Å². The molecular formula is C15H20N2O. The number of nitrogens with one attached hydrogen (secondary N) is 1. The van der Waals surface area contributed by atoms with Crippen molar-refractivity contribution in [3.8, 4) is 0 Å². The van der Waals surface area contributed by atoms with Crippen LogP contribution in [0.1, 0.15) is 12.0 Å². The fourth-order valence-electron chi connectivity index (χ4n) is 3.19. The molecule has 0 unspecified atom stereocenters. The maximum atomic E-state index is 12.3. The standard InChI is InChI=1S/C15H20N2O/c18-15(7-12-4-2-1-3-5-12)17-10-13-6-14(11-17)9-16-8-13/h1-5,13-14,16H,6-11H2/t13-,14+. The van der Waals surface area contributed by atoms with Gasteiger partial charge in [0.1, 0.15) is 0 Å². The Labute approximate surface area is 108 Å². The summed E-state index contributed by atoms with van der Waals surface area (Å²) in [5.74, 6) is 1.62. The molecule has 2 aliphatic rings. The van der Waals surface area contributed by atoms with E-state index in [1.54, 1.807) is 0 Å². The first-order valence-corrected chi connectivity index (χ1v) is 6.83. The summed E-state index contributed by atoms with van der Waals surface area (Å²) in [6, 6.07) is 10.0. The van der Waals surface area contributed by atoms with Crippen molar-refractivity contribution < 1.29 is 4.79 Å². The number of carbonyl (C=O) groups excluding carboxylic acids is 1. The smallest absolute Gasteiger partial charge is 0.227 e. The third kappa shape index (κ3) is 2.56. The van der Waals surface area contributed by atoms with E-state index in [1.807, 2.05) is 30.3 Å². The first-order chi connectivity index (χ1) is 8.81. The van der Waals surface area contributed by atoms with Gasteiger partial charge in [-0.25, -0.2) is 0 Å². The zero-order valence-corrected chi connectivity index (χ0v) is 10.6. The van der Waals surface area contributed by atoms with Crippen LogP contribution in [0.4, 0.5) is 0 Å². The van der Waals surface area contributed by atoms with Gasteiger partial charge in [0.15, 0.2) is 0 Å². The van der Waals surface area contributed by atoms with Gasteiger partial charge in [0.2, 0.25) is 5.91 Å². The molecule has 2 atom stereocenters. The molecule has 1 amide bonds. The van der Waals surface area contributed by atoms with Gasteiger partial charge in [-0.1, -0.05) is 30.3 Å². The van der Waals surface area contributed by atoms with E-state index in [-0.39, 0.29) is 5.91 Å². The number of nitrogens with zero attached hydrogens (tertiary/aromatic N) is 1. The summed E-state index contributed by atoms with van der Waals surface area (Å²) in [5, 5.41) is 3.46. The minimum absolute atomic E-state index is 0.290. The molecule has 2 saturated heterocycles. The number of hydrogen-bond donors (Lipinski definition) is 1. The number of amides is 1. The molecule has 2 aliphatic heterocycles. The second-order valence-electron chi connectivity index (χ2n) is 5.59. The summed E-state index contributed by atoms with van der Waals surface area (Å²) in [6.45, 7) is 4.03. The van der Waals surface area contributed by atoms with Gasteiger partial charge in [-0.05, 0) is 36.9 Å². The third-order valence-corrected chi connectivity index (χ3v) is 4.04. The van der Waals surface area contributed by atoms with Crippen LogP contribution in [0.2, 0.25) is 0 Å². The van der Waals surface area contributed by atoms with Gasteiger partial charge in [-0.15, -0.1) is 0 Å². The van der Waals surface area contributed by atoms with Crippen LogP contribution < -0.4 is 5.32 Å². The lowest BCUT2D eigenvalue weighted by atomic mass is 9.85. The molecule has 2 heterocycles. The summed E-state index contributed by atoms with van der Waals surface area (Å²) >= 11 is 0. The minimum atomic E-state index is 0.290. The van der Waals surface area contributed by atoms with Crippen LogP contribution in [0, 0.1) is 11.8 Å². The van der Waals surface area contributed by atoms with E-state index in [1.165, 1.54) is 6.42 Å². The summed E-state index contributed by atoms with van der Waals surface area (Å²) in [6.07, 6.45) is 1.84. The van der Waals surface area contributed by atoms with Crippen molar-refractivity contribution in [2.75, 3.05) is 26.2 Å². The van der Waals surface area contributed by atoms with Crippen LogP contribution in [-0.2, 0) is 11.2 Å². The van der Waals surface area contributed by atoms with Crippen LogP contribution in [0.5, 0.6) is 0 Å². The molecule has 2 bridgehead atoms. The normalized spacial score (nSPS) is 27.0. The molecule has 2 fully saturated rings. The van der Waals surface area contributed by atoms with Crippen LogP contribution in [0.25, 0.3) is 0 Å². The molecule has 96 valence electrons. The van der Waals surface area contributed by atoms with Crippen molar-refractivity contribution >= 4 is 5.91 Å². The van der Waals surface area contributed by atoms with Gasteiger partial charge in [0.25, 0.3) is 0 Å². The van der Waals surface area contributed by atoms with Crippen molar-refractivity contribution in [1.29, 1.82) is 0 Å². The molecule has 0 aromatic heterocycles. The highest BCUT2D eigenvalue weighted by atomic mass is 16.2. The minimum Gasteiger partial charge on any atom is -0.342 e. The fourth-order valence-corrected chi connectivity index (χ4v) is 3.19. The highest BCUT2D eigenvalue weighted by Crippen LogP contribution is 2.24. The Morgan fingerprint density at radius 3 is 2.50 bits per heavy atom. The van der Waals surface area contributed by atoms with E-state index in [0.717, 1.165) is 31.7 Å². The van der Waals surface area contributed by atoms with Crippen molar-refractivity contribution in [3.05, 3.63) is 35.9 Å². The van der Waals surface area contributed by atoms with Crippen molar-refractivity contribution in [2.24, 2.45) is 11.8 Å². The molecule has 0 spiro atoms. The highest BCUT2D eigenvalue weighted by Gasteiger charge is 2.32. The monoisotopic (exact) mass is 244 g/mol. The number of likely N-dealkylation sites (tertiary alicyclic amines) is 1. The molecule has 1 aromatic rings. The van der Waals surface area contributed by atoms with Gasteiger partial charge in [-0.2, -0.15) is 0 Å². The Hall–Kier alpha value is -1.35. The van der Waals surface area contributed by atoms with Crippen molar-refractivity contribution in [1.82, 2.24) is 10.2 Å². The Morgan fingerprint density at radius 1 is 1.17 bits per heavy atom. The number of benzene rings is 1. The fraction of sp³-hybridized carbons (Fsp3) is 0.533.